The third kappa shape index (κ3) is 4.50. The molecule has 0 atom stereocenters. The molecule has 0 spiro atoms. The van der Waals surface area contributed by atoms with Crippen LogP contribution >= 0.6 is 0 Å². The number of rotatable bonds is 4. The Balaban J connectivity index is 2.00. The van der Waals surface area contributed by atoms with Crippen molar-refractivity contribution < 1.29 is 24.0 Å². The summed E-state index contributed by atoms with van der Waals surface area (Å²) < 4.78 is 4.87. The van der Waals surface area contributed by atoms with Gasteiger partial charge in [-0.15, -0.1) is 0 Å². The molecule has 3 N–H and O–H groups in total. The minimum Gasteiger partial charge on any atom is -0.496 e. The fraction of sp³-hybridized carbons (Fsp3) is 0.0667. The first-order chi connectivity index (χ1) is 12.4. The SMILES string of the molecule is COc1ccc(NC(=O)C(=O)NNC(=O)c2ccncc2)c([N+](=O)[O-])c1. The zero-order valence-corrected chi connectivity index (χ0v) is 13.4. The Bertz CT molecular complexity index is 855. The van der Waals surface area contributed by atoms with Crippen LogP contribution in [0, 0.1) is 10.1 Å². The van der Waals surface area contributed by atoms with E-state index in [9.17, 15) is 24.5 Å². The molecule has 11 nitrogen and oxygen atoms in total. The number of benzene rings is 1. The largest absolute Gasteiger partial charge is 0.496 e. The van der Waals surface area contributed by atoms with Crippen LogP contribution in [0.3, 0.4) is 0 Å². The predicted octanol–water partition coefficient (Wildman–Crippen LogP) is 0.398. The van der Waals surface area contributed by atoms with Crippen molar-refractivity contribution in [3.63, 3.8) is 0 Å². The van der Waals surface area contributed by atoms with Gasteiger partial charge in [-0.1, -0.05) is 0 Å². The number of aromatic nitrogens is 1. The number of nitro benzene ring substituents is 1. The van der Waals surface area contributed by atoms with E-state index in [0.29, 0.717) is 0 Å². The molecule has 26 heavy (non-hydrogen) atoms. The number of methoxy groups -OCH3 is 1. The summed E-state index contributed by atoms with van der Waals surface area (Å²) in [5.74, 6) is -2.86. The number of carbonyl (C=O) groups excluding carboxylic acids is 3. The van der Waals surface area contributed by atoms with E-state index in [1.165, 1.54) is 43.8 Å². The first-order valence-corrected chi connectivity index (χ1v) is 7.06. The van der Waals surface area contributed by atoms with E-state index in [2.05, 4.69) is 10.3 Å². The van der Waals surface area contributed by atoms with Crippen molar-refractivity contribution in [3.05, 3.63) is 58.4 Å². The number of nitrogens with one attached hydrogen (secondary N) is 3. The molecule has 0 radical (unpaired) electrons. The molecular weight excluding hydrogens is 346 g/mol. The van der Waals surface area contributed by atoms with Gasteiger partial charge in [0.2, 0.25) is 0 Å². The van der Waals surface area contributed by atoms with Crippen LogP contribution in [-0.2, 0) is 9.59 Å². The van der Waals surface area contributed by atoms with E-state index in [-0.39, 0.29) is 17.0 Å². The van der Waals surface area contributed by atoms with E-state index < -0.39 is 28.3 Å². The lowest BCUT2D eigenvalue weighted by atomic mass is 10.2. The van der Waals surface area contributed by atoms with Crippen LogP contribution in [0.25, 0.3) is 0 Å². The molecule has 0 bridgehead atoms. The zero-order chi connectivity index (χ0) is 19.1. The summed E-state index contributed by atoms with van der Waals surface area (Å²) in [4.78, 5) is 49.4. The second-order valence-electron chi connectivity index (χ2n) is 4.74. The molecule has 0 aliphatic heterocycles. The average Bonchev–Trinajstić information content (AvgIpc) is 2.66. The third-order valence-electron chi connectivity index (χ3n) is 3.09. The molecule has 0 saturated carbocycles. The topological polar surface area (TPSA) is 153 Å². The highest BCUT2D eigenvalue weighted by Crippen LogP contribution is 2.28. The van der Waals surface area contributed by atoms with Gasteiger partial charge < -0.3 is 10.1 Å². The summed E-state index contributed by atoms with van der Waals surface area (Å²) in [6, 6.07) is 6.51. The smallest absolute Gasteiger partial charge is 0.328 e. The van der Waals surface area contributed by atoms with Crippen LogP contribution < -0.4 is 20.9 Å². The van der Waals surface area contributed by atoms with Crippen LogP contribution in [0.2, 0.25) is 0 Å². The van der Waals surface area contributed by atoms with Gasteiger partial charge in [-0.25, -0.2) is 0 Å². The van der Waals surface area contributed by atoms with Crippen molar-refractivity contribution >= 4 is 29.1 Å². The number of nitro groups is 1. The van der Waals surface area contributed by atoms with Crippen LogP contribution in [0.15, 0.2) is 42.7 Å². The minimum absolute atomic E-state index is 0.198. The summed E-state index contributed by atoms with van der Waals surface area (Å²) in [7, 11) is 1.33. The predicted molar refractivity (Wildman–Crippen MR) is 88.1 cm³/mol. The normalized spacial score (nSPS) is 9.73. The molecule has 1 aromatic carbocycles. The maximum Gasteiger partial charge on any atom is 0.328 e. The Morgan fingerprint density at radius 3 is 2.38 bits per heavy atom. The molecule has 0 aliphatic carbocycles. The van der Waals surface area contributed by atoms with Gasteiger partial charge in [0.15, 0.2) is 0 Å². The second kappa shape index (κ2) is 8.19. The van der Waals surface area contributed by atoms with Gasteiger partial charge in [0, 0.05) is 18.0 Å². The lowest BCUT2D eigenvalue weighted by Gasteiger charge is -2.09. The molecule has 0 saturated heterocycles. The van der Waals surface area contributed by atoms with Crippen LogP contribution in [0.1, 0.15) is 10.4 Å². The van der Waals surface area contributed by atoms with Crippen molar-refractivity contribution in [1.29, 1.82) is 0 Å². The second-order valence-corrected chi connectivity index (χ2v) is 4.74. The molecule has 2 aromatic rings. The van der Waals surface area contributed by atoms with E-state index >= 15 is 0 Å². The number of amides is 3. The highest BCUT2D eigenvalue weighted by molar-refractivity contribution is 6.40. The van der Waals surface area contributed by atoms with Crippen molar-refractivity contribution in [2.75, 3.05) is 12.4 Å². The lowest BCUT2D eigenvalue weighted by molar-refractivity contribution is -0.384. The number of nitrogens with zero attached hydrogens (tertiary/aromatic N) is 2. The molecular formula is C15H13N5O6. The number of pyridine rings is 1. The van der Waals surface area contributed by atoms with E-state index in [1.807, 2.05) is 10.9 Å². The van der Waals surface area contributed by atoms with Gasteiger partial charge in [0.25, 0.3) is 11.6 Å². The minimum atomic E-state index is -1.21. The molecule has 0 fully saturated rings. The summed E-state index contributed by atoms with van der Waals surface area (Å²) in [5.41, 5.74) is 3.51. The van der Waals surface area contributed by atoms with Crippen molar-refractivity contribution in [3.8, 4) is 5.75 Å². The number of anilines is 1. The van der Waals surface area contributed by atoms with E-state index in [4.69, 9.17) is 4.74 Å². The number of carbonyl (C=O) groups is 3. The van der Waals surface area contributed by atoms with Gasteiger partial charge >= 0.3 is 11.8 Å². The Morgan fingerprint density at radius 2 is 1.77 bits per heavy atom. The Morgan fingerprint density at radius 1 is 1.08 bits per heavy atom. The van der Waals surface area contributed by atoms with Crippen molar-refractivity contribution in [2.24, 2.45) is 0 Å². The summed E-state index contributed by atoms with van der Waals surface area (Å²) in [6.07, 6.45) is 2.76. The van der Waals surface area contributed by atoms with Gasteiger partial charge in [0.05, 0.1) is 18.1 Å². The number of ether oxygens (including phenoxy) is 1. The Labute approximate surface area is 146 Å². The molecule has 0 unspecified atom stereocenters. The summed E-state index contributed by atoms with van der Waals surface area (Å²) in [5, 5.41) is 13.1. The molecule has 1 aromatic heterocycles. The highest BCUT2D eigenvalue weighted by Gasteiger charge is 2.21. The third-order valence-corrected chi connectivity index (χ3v) is 3.09. The first kappa shape index (κ1) is 18.3. The quantitative estimate of drug-likeness (QED) is 0.406. The van der Waals surface area contributed by atoms with E-state index in [0.717, 1.165) is 6.07 Å². The maximum atomic E-state index is 11.9. The van der Waals surface area contributed by atoms with Crippen LogP contribution in [-0.4, -0.2) is 34.7 Å². The van der Waals surface area contributed by atoms with Gasteiger partial charge in [0.1, 0.15) is 11.4 Å². The molecule has 11 heteroatoms. The molecule has 1 heterocycles. The molecule has 2 rings (SSSR count). The fourth-order valence-corrected chi connectivity index (χ4v) is 1.82. The zero-order valence-electron chi connectivity index (χ0n) is 13.4. The van der Waals surface area contributed by atoms with Gasteiger partial charge in [-0.05, 0) is 24.3 Å². The molecule has 3 amide bonds. The number of hydrogen-bond donors (Lipinski definition) is 3. The number of hydrogen-bond acceptors (Lipinski definition) is 7. The van der Waals surface area contributed by atoms with Crippen LogP contribution in [0.5, 0.6) is 5.75 Å². The number of hydrazine groups is 1. The molecule has 0 aliphatic rings. The monoisotopic (exact) mass is 359 g/mol. The van der Waals surface area contributed by atoms with E-state index in [1.54, 1.807) is 0 Å². The fourth-order valence-electron chi connectivity index (χ4n) is 1.82. The highest BCUT2D eigenvalue weighted by atomic mass is 16.6. The average molecular weight is 359 g/mol. The summed E-state index contributed by atoms with van der Waals surface area (Å²) >= 11 is 0. The lowest BCUT2D eigenvalue weighted by Crippen LogP contribution is -2.46. The van der Waals surface area contributed by atoms with Crippen molar-refractivity contribution in [1.82, 2.24) is 15.8 Å². The van der Waals surface area contributed by atoms with Gasteiger partial charge in [-0.3, -0.25) is 40.3 Å². The standard InChI is InChI=1S/C15H13N5O6/c1-26-10-2-3-11(12(8-10)20(24)25)17-14(22)15(23)19-18-13(21)9-4-6-16-7-5-9/h2-8H,1H3,(H,17,22)(H,18,21)(H,19,23). The van der Waals surface area contributed by atoms with Crippen molar-refractivity contribution in [2.45, 2.75) is 0 Å². The maximum absolute atomic E-state index is 11.9. The van der Waals surface area contributed by atoms with Crippen LogP contribution in [0.4, 0.5) is 11.4 Å². The molecule has 134 valence electrons. The van der Waals surface area contributed by atoms with Gasteiger partial charge in [-0.2, -0.15) is 0 Å². The first-order valence-electron chi connectivity index (χ1n) is 7.06. The Hall–Kier alpha value is -4.02. The Kier molecular flexibility index (Phi) is 5.77. The summed E-state index contributed by atoms with van der Waals surface area (Å²) in [6.45, 7) is 0.